The van der Waals surface area contributed by atoms with Crippen LogP contribution in [-0.2, 0) is 23.0 Å². The van der Waals surface area contributed by atoms with Gasteiger partial charge in [-0.25, -0.2) is 0 Å². The summed E-state index contributed by atoms with van der Waals surface area (Å²) in [6, 6.07) is 15.6. The summed E-state index contributed by atoms with van der Waals surface area (Å²) in [4.78, 5) is 29.3. The van der Waals surface area contributed by atoms with Crippen LogP contribution in [0, 0.1) is 5.92 Å². The molecular formula is C29H37AsN2O4S. The molecule has 1 N–H and O–H groups in total. The first-order valence-corrected chi connectivity index (χ1v) is 15.9. The molecule has 0 saturated heterocycles. The third kappa shape index (κ3) is 7.75. The van der Waals surface area contributed by atoms with Crippen LogP contribution in [-0.4, -0.2) is 52.8 Å². The van der Waals surface area contributed by atoms with Gasteiger partial charge in [0.2, 0.25) is 0 Å². The van der Waals surface area contributed by atoms with Crippen molar-refractivity contribution in [3.05, 3.63) is 71.0 Å². The number of hydrogen-bond acceptors (Lipinski definition) is 5. The summed E-state index contributed by atoms with van der Waals surface area (Å²) in [5.41, 5.74) is 4.94. The van der Waals surface area contributed by atoms with E-state index in [0.717, 1.165) is 41.8 Å². The number of carbonyl (C=O) groups excluding carboxylic acids is 1. The number of thiol groups is 1. The van der Waals surface area contributed by atoms with Gasteiger partial charge in [-0.2, -0.15) is 0 Å². The molecule has 3 aromatic rings. The van der Waals surface area contributed by atoms with Gasteiger partial charge in [0.1, 0.15) is 0 Å². The molecule has 37 heavy (non-hydrogen) atoms. The van der Waals surface area contributed by atoms with Gasteiger partial charge in [0.25, 0.3) is 0 Å². The Labute approximate surface area is 231 Å². The van der Waals surface area contributed by atoms with Crippen LogP contribution in [0.3, 0.4) is 0 Å². The van der Waals surface area contributed by atoms with Gasteiger partial charge in [0.15, 0.2) is 0 Å². The second kappa shape index (κ2) is 13.9. The number of imidazole rings is 1. The number of carboxylic acid groups (broad SMARTS) is 1. The Hall–Kier alpha value is -2.50. The Bertz CT molecular complexity index is 1210. The number of carboxylic acids is 1. The first kappa shape index (κ1) is 29.1. The van der Waals surface area contributed by atoms with E-state index in [-0.39, 0.29) is 15.4 Å². The third-order valence-corrected chi connectivity index (χ3v) is 9.57. The van der Waals surface area contributed by atoms with Crippen molar-refractivity contribution in [3.8, 4) is 17.1 Å². The van der Waals surface area contributed by atoms with E-state index in [1.807, 2.05) is 36.4 Å². The van der Waals surface area contributed by atoms with E-state index in [1.54, 1.807) is 12.1 Å². The van der Waals surface area contributed by atoms with Crippen LogP contribution < -0.4 is 4.74 Å². The first-order valence-electron chi connectivity index (χ1n) is 12.8. The summed E-state index contributed by atoms with van der Waals surface area (Å²) < 4.78 is 8.42. The van der Waals surface area contributed by atoms with Crippen molar-refractivity contribution in [1.82, 2.24) is 9.55 Å². The predicted octanol–water partition coefficient (Wildman–Crippen LogP) is 5.46. The van der Waals surface area contributed by atoms with E-state index in [0.29, 0.717) is 35.9 Å². The SMILES string of the molecule is CCCOc1nc(CC)c(C[AsH]C(=O)C(S)CC(C)C)n1Cc1ccc(-c2ccccc2C(=O)O)cc1. The van der Waals surface area contributed by atoms with Crippen LogP contribution in [0.4, 0.5) is 0 Å². The van der Waals surface area contributed by atoms with Crippen LogP contribution in [0.15, 0.2) is 48.5 Å². The van der Waals surface area contributed by atoms with Crippen molar-refractivity contribution in [2.75, 3.05) is 6.61 Å². The van der Waals surface area contributed by atoms with E-state index >= 15 is 0 Å². The molecule has 1 heterocycles. The number of carbonyl (C=O) groups is 2. The van der Waals surface area contributed by atoms with E-state index in [1.165, 1.54) is 0 Å². The fraction of sp³-hybridized carbons (Fsp3) is 0.414. The van der Waals surface area contributed by atoms with E-state index in [2.05, 4.69) is 44.9 Å². The maximum absolute atomic E-state index is 12.8. The van der Waals surface area contributed by atoms with Gasteiger partial charge in [-0.3, -0.25) is 0 Å². The summed E-state index contributed by atoms with van der Waals surface area (Å²) in [7, 11) is 0. The molecule has 3 rings (SSSR count). The Balaban J connectivity index is 1.88. The van der Waals surface area contributed by atoms with Crippen molar-refractivity contribution in [3.63, 3.8) is 0 Å². The molecule has 1 aromatic heterocycles. The number of ether oxygens (including phenoxy) is 1. The fourth-order valence-electron chi connectivity index (χ4n) is 4.19. The molecule has 6 nitrogen and oxygen atoms in total. The Morgan fingerprint density at radius 3 is 2.43 bits per heavy atom. The van der Waals surface area contributed by atoms with E-state index < -0.39 is 21.7 Å². The first-order chi connectivity index (χ1) is 17.7. The zero-order valence-corrected chi connectivity index (χ0v) is 25.0. The van der Waals surface area contributed by atoms with Gasteiger partial charge in [-0.05, 0) is 0 Å². The molecule has 0 fully saturated rings. The van der Waals surface area contributed by atoms with Gasteiger partial charge in [0, 0.05) is 0 Å². The monoisotopic (exact) mass is 584 g/mol. The van der Waals surface area contributed by atoms with Gasteiger partial charge < -0.3 is 0 Å². The number of aryl methyl sites for hydroxylation is 1. The molecule has 0 radical (unpaired) electrons. The quantitative estimate of drug-likeness (QED) is 0.195. The molecule has 0 aliphatic rings. The van der Waals surface area contributed by atoms with Crippen molar-refractivity contribution < 1.29 is 19.4 Å². The molecule has 2 atom stereocenters. The second-order valence-corrected chi connectivity index (χ2v) is 12.6. The average molecular weight is 585 g/mol. The Kier molecular flexibility index (Phi) is 10.9. The number of hydrogen-bond donors (Lipinski definition) is 2. The third-order valence-electron chi connectivity index (χ3n) is 6.08. The number of aromatic carboxylic acids is 1. The molecule has 0 aliphatic heterocycles. The number of aromatic nitrogens is 2. The molecule has 0 saturated carbocycles. The zero-order valence-electron chi connectivity index (χ0n) is 22.0. The molecule has 0 amide bonds. The molecule has 0 aliphatic carbocycles. The van der Waals surface area contributed by atoms with Gasteiger partial charge in [0.05, 0.1) is 0 Å². The van der Waals surface area contributed by atoms with E-state index in [9.17, 15) is 14.7 Å². The molecule has 2 unspecified atom stereocenters. The predicted molar refractivity (Wildman–Crippen MR) is 153 cm³/mol. The van der Waals surface area contributed by atoms with Crippen molar-refractivity contribution in [2.45, 2.75) is 64.0 Å². The number of nitrogens with zero attached hydrogens (tertiary/aromatic N) is 2. The zero-order chi connectivity index (χ0) is 26.9. The van der Waals surface area contributed by atoms with E-state index in [4.69, 9.17) is 9.72 Å². The topological polar surface area (TPSA) is 81.4 Å². The van der Waals surface area contributed by atoms with Gasteiger partial charge >= 0.3 is 233 Å². The van der Waals surface area contributed by atoms with Gasteiger partial charge in [-0.15, -0.1) is 0 Å². The Morgan fingerprint density at radius 1 is 1.11 bits per heavy atom. The number of rotatable bonds is 14. The van der Waals surface area contributed by atoms with Crippen LogP contribution in [0.2, 0.25) is 0 Å². The summed E-state index contributed by atoms with van der Waals surface area (Å²) in [6.45, 7) is 9.52. The second-order valence-electron chi connectivity index (χ2n) is 9.49. The van der Waals surface area contributed by atoms with Crippen LogP contribution in [0.25, 0.3) is 11.1 Å². The maximum atomic E-state index is 12.8. The minimum absolute atomic E-state index is 0.196. The summed E-state index contributed by atoms with van der Waals surface area (Å²) in [5.74, 6) is -0.503. The molecular weight excluding hydrogens is 547 g/mol. The molecule has 198 valence electrons. The normalized spacial score (nSPS) is 12.4. The summed E-state index contributed by atoms with van der Waals surface area (Å²) in [6.07, 6.45) is 2.45. The van der Waals surface area contributed by atoms with Gasteiger partial charge in [-0.1, -0.05) is 0 Å². The van der Waals surface area contributed by atoms with Crippen molar-refractivity contribution >= 4 is 38.9 Å². The molecule has 0 spiro atoms. The fourth-order valence-corrected chi connectivity index (χ4v) is 7.38. The van der Waals surface area contributed by atoms with Crippen LogP contribution >= 0.6 is 12.6 Å². The minimum atomic E-state index is -0.942. The summed E-state index contributed by atoms with van der Waals surface area (Å²) in [5, 5.41) is 10.1. The summed E-state index contributed by atoms with van der Waals surface area (Å²) >= 11 is 3.68. The average Bonchev–Trinajstić information content (AvgIpc) is 3.21. The van der Waals surface area contributed by atoms with Crippen molar-refractivity contribution in [2.24, 2.45) is 5.92 Å². The molecule has 2 aromatic carbocycles. The van der Waals surface area contributed by atoms with Crippen molar-refractivity contribution in [1.29, 1.82) is 0 Å². The van der Waals surface area contributed by atoms with Crippen LogP contribution in [0.1, 0.15) is 67.8 Å². The number of benzene rings is 2. The molecule has 8 heteroatoms. The molecule has 0 bridgehead atoms. The van der Waals surface area contributed by atoms with Crippen LogP contribution in [0.5, 0.6) is 6.01 Å². The Morgan fingerprint density at radius 2 is 1.81 bits per heavy atom. The standard InChI is InChI=1S/C29H37AsN2O4S/c1-5-15-36-29-31-24(6-2)25(17-30-27(33)26(37)16-19(3)4)32(29)18-20-11-13-21(14-12-20)22-9-7-8-10-23(22)28(34)35/h7-14,19,26,30,37H,5-6,15-18H2,1-4H3,(H,34,35).